The van der Waals surface area contributed by atoms with Gasteiger partial charge in [0.15, 0.2) is 0 Å². The summed E-state index contributed by atoms with van der Waals surface area (Å²) in [5, 5.41) is 0. The van der Waals surface area contributed by atoms with E-state index in [9.17, 15) is 0 Å². The fourth-order valence-corrected chi connectivity index (χ4v) is 1.69. The molecule has 0 radical (unpaired) electrons. The quantitative estimate of drug-likeness (QED) is 0.420. The third-order valence-electron chi connectivity index (χ3n) is 2.76. The molecule has 0 aliphatic heterocycles. The summed E-state index contributed by atoms with van der Waals surface area (Å²) in [6, 6.07) is 0. The van der Waals surface area contributed by atoms with Crippen molar-refractivity contribution in [3.05, 3.63) is 23.8 Å². The highest BCUT2D eigenvalue weighted by Gasteiger charge is 2.13. The van der Waals surface area contributed by atoms with Crippen molar-refractivity contribution in [2.24, 2.45) is 5.92 Å². The van der Waals surface area contributed by atoms with Crippen molar-refractivity contribution in [2.75, 3.05) is 0 Å². The van der Waals surface area contributed by atoms with E-state index < -0.39 is 0 Å². The van der Waals surface area contributed by atoms with E-state index in [0.717, 1.165) is 12.3 Å². The molecule has 0 N–H and O–H groups in total. The Morgan fingerprint density at radius 1 is 1.62 bits per heavy atom. The van der Waals surface area contributed by atoms with Crippen molar-refractivity contribution in [2.45, 2.75) is 39.5 Å². The lowest BCUT2D eigenvalue weighted by Crippen LogP contribution is -2.05. The summed E-state index contributed by atoms with van der Waals surface area (Å²) in [7, 11) is 0. The monoisotopic (exact) mass is 174 g/mol. The van der Waals surface area contributed by atoms with E-state index in [1.165, 1.54) is 30.4 Å². The summed E-state index contributed by atoms with van der Waals surface area (Å²) in [5.74, 6) is 7.13. The minimum Gasteiger partial charge on any atom is -0.102 e. The second-order valence-electron chi connectivity index (χ2n) is 3.75. The van der Waals surface area contributed by atoms with Gasteiger partial charge in [-0.15, -0.1) is 6.58 Å². The molecule has 0 bridgehead atoms. The molecule has 13 heavy (non-hydrogen) atoms. The van der Waals surface area contributed by atoms with Crippen LogP contribution in [0.5, 0.6) is 0 Å². The zero-order chi connectivity index (χ0) is 9.68. The number of allylic oxidation sites excluding steroid dienone is 3. The predicted molar refractivity (Wildman–Crippen MR) is 58.3 cm³/mol. The average molecular weight is 174 g/mol. The van der Waals surface area contributed by atoms with Crippen molar-refractivity contribution in [1.82, 2.24) is 0 Å². The molecule has 1 atom stereocenters. The van der Waals surface area contributed by atoms with E-state index in [-0.39, 0.29) is 0 Å². The molecule has 70 valence electrons. The van der Waals surface area contributed by atoms with Gasteiger partial charge in [-0.25, -0.2) is 0 Å². The van der Waals surface area contributed by atoms with Crippen LogP contribution in [-0.4, -0.2) is 0 Å². The molecule has 0 aromatic heterocycles. The van der Waals surface area contributed by atoms with Crippen molar-refractivity contribution in [1.29, 1.82) is 0 Å². The SMILES string of the molecule is C=CCC#CC1=C(C)C(C)CCC1. The molecule has 1 rings (SSSR count). The zero-order valence-electron chi connectivity index (χ0n) is 8.69. The van der Waals surface area contributed by atoms with Crippen molar-refractivity contribution in [3.8, 4) is 11.8 Å². The van der Waals surface area contributed by atoms with Crippen molar-refractivity contribution in [3.63, 3.8) is 0 Å². The van der Waals surface area contributed by atoms with E-state index in [0.29, 0.717) is 0 Å². The molecule has 1 unspecified atom stereocenters. The van der Waals surface area contributed by atoms with Gasteiger partial charge in [0.2, 0.25) is 0 Å². The van der Waals surface area contributed by atoms with Crippen LogP contribution in [0.2, 0.25) is 0 Å². The average Bonchev–Trinajstić information content (AvgIpc) is 2.13. The summed E-state index contributed by atoms with van der Waals surface area (Å²) in [5.41, 5.74) is 2.88. The Morgan fingerprint density at radius 2 is 2.38 bits per heavy atom. The third-order valence-corrected chi connectivity index (χ3v) is 2.76. The Kier molecular flexibility index (Phi) is 3.83. The third kappa shape index (κ3) is 2.77. The maximum atomic E-state index is 3.66. The van der Waals surface area contributed by atoms with Crippen LogP contribution in [0.25, 0.3) is 0 Å². The zero-order valence-corrected chi connectivity index (χ0v) is 8.69. The van der Waals surface area contributed by atoms with Gasteiger partial charge in [0.1, 0.15) is 0 Å². The molecule has 0 amide bonds. The largest absolute Gasteiger partial charge is 0.102 e. The molecule has 0 saturated carbocycles. The molecule has 0 heterocycles. The fourth-order valence-electron chi connectivity index (χ4n) is 1.69. The smallest absolute Gasteiger partial charge is 0.0270 e. The highest BCUT2D eigenvalue weighted by Crippen LogP contribution is 2.28. The summed E-state index contributed by atoms with van der Waals surface area (Å²) in [6.45, 7) is 8.18. The van der Waals surface area contributed by atoms with Crippen LogP contribution in [-0.2, 0) is 0 Å². The van der Waals surface area contributed by atoms with Crippen LogP contribution in [0.4, 0.5) is 0 Å². The van der Waals surface area contributed by atoms with Gasteiger partial charge in [-0.3, -0.25) is 0 Å². The molecule has 1 aliphatic rings. The minimum absolute atomic E-state index is 0.738. The molecule has 0 aromatic rings. The van der Waals surface area contributed by atoms with Crippen LogP contribution < -0.4 is 0 Å². The standard InChI is InChI=1S/C13H18/c1-4-5-6-9-13-10-7-8-11(2)12(13)3/h4,11H,1,5,7-8,10H2,2-3H3. The highest BCUT2D eigenvalue weighted by atomic mass is 14.2. The van der Waals surface area contributed by atoms with Crippen LogP contribution >= 0.6 is 0 Å². The highest BCUT2D eigenvalue weighted by molar-refractivity contribution is 5.35. The molecular formula is C13H18. The molecule has 0 fully saturated rings. The van der Waals surface area contributed by atoms with Crippen LogP contribution in [0.3, 0.4) is 0 Å². The lowest BCUT2D eigenvalue weighted by atomic mass is 9.85. The number of rotatable bonds is 1. The van der Waals surface area contributed by atoms with Crippen LogP contribution in [0, 0.1) is 17.8 Å². The Morgan fingerprint density at radius 3 is 3.08 bits per heavy atom. The maximum absolute atomic E-state index is 3.66. The Hall–Kier alpha value is -0.960. The Bertz CT molecular complexity index is 270. The first kappa shape index (κ1) is 10.1. The minimum atomic E-state index is 0.738. The topological polar surface area (TPSA) is 0 Å². The Labute approximate surface area is 81.7 Å². The summed E-state index contributed by atoms with van der Waals surface area (Å²) < 4.78 is 0. The first-order valence-corrected chi connectivity index (χ1v) is 5.05. The fraction of sp³-hybridized carbons (Fsp3) is 0.538. The van der Waals surface area contributed by atoms with E-state index in [1.54, 1.807) is 0 Å². The lowest BCUT2D eigenvalue weighted by molar-refractivity contribution is 0.543. The van der Waals surface area contributed by atoms with Gasteiger partial charge in [-0.2, -0.15) is 0 Å². The molecule has 0 spiro atoms. The van der Waals surface area contributed by atoms with E-state index >= 15 is 0 Å². The molecular weight excluding hydrogens is 156 g/mol. The van der Waals surface area contributed by atoms with Gasteiger partial charge < -0.3 is 0 Å². The second kappa shape index (κ2) is 4.92. The predicted octanol–water partition coefficient (Wildman–Crippen LogP) is 3.70. The lowest BCUT2D eigenvalue weighted by Gasteiger charge is -2.20. The molecule has 1 aliphatic carbocycles. The summed E-state index contributed by atoms with van der Waals surface area (Å²) >= 11 is 0. The molecule has 0 heteroatoms. The van der Waals surface area contributed by atoms with Crippen molar-refractivity contribution >= 4 is 0 Å². The Balaban J connectivity index is 2.72. The summed E-state index contributed by atoms with van der Waals surface area (Å²) in [6.07, 6.45) is 6.48. The van der Waals surface area contributed by atoms with Crippen LogP contribution in [0.1, 0.15) is 39.5 Å². The molecule has 0 aromatic carbocycles. The van der Waals surface area contributed by atoms with Gasteiger partial charge in [-0.1, -0.05) is 30.4 Å². The van der Waals surface area contributed by atoms with Gasteiger partial charge >= 0.3 is 0 Å². The van der Waals surface area contributed by atoms with Gasteiger partial charge in [0.05, 0.1) is 0 Å². The molecule has 0 nitrogen and oxygen atoms in total. The van der Waals surface area contributed by atoms with Gasteiger partial charge in [0.25, 0.3) is 0 Å². The van der Waals surface area contributed by atoms with Gasteiger partial charge in [0, 0.05) is 12.0 Å². The first-order valence-electron chi connectivity index (χ1n) is 5.05. The molecule has 0 saturated heterocycles. The maximum Gasteiger partial charge on any atom is 0.0270 e. The first-order chi connectivity index (χ1) is 6.25. The number of hydrogen-bond donors (Lipinski definition) is 0. The normalized spacial score (nSPS) is 22.2. The van der Waals surface area contributed by atoms with E-state index in [4.69, 9.17) is 0 Å². The van der Waals surface area contributed by atoms with Crippen molar-refractivity contribution < 1.29 is 0 Å². The summed E-state index contributed by atoms with van der Waals surface area (Å²) in [4.78, 5) is 0. The van der Waals surface area contributed by atoms with E-state index in [2.05, 4.69) is 32.3 Å². The van der Waals surface area contributed by atoms with Gasteiger partial charge in [-0.05, 0) is 32.1 Å². The second-order valence-corrected chi connectivity index (χ2v) is 3.75. The van der Waals surface area contributed by atoms with Crippen LogP contribution in [0.15, 0.2) is 23.8 Å². The number of hydrogen-bond acceptors (Lipinski definition) is 0. The van der Waals surface area contributed by atoms with E-state index in [1.807, 2.05) is 6.08 Å².